The molecule has 0 saturated carbocycles. The average molecular weight is 517 g/mol. The van der Waals surface area contributed by atoms with Crippen molar-refractivity contribution in [3.8, 4) is 0 Å². The van der Waals surface area contributed by atoms with Crippen molar-refractivity contribution in [1.82, 2.24) is 0 Å². The summed E-state index contributed by atoms with van der Waals surface area (Å²) in [5, 5.41) is 1.69. The summed E-state index contributed by atoms with van der Waals surface area (Å²) in [5.41, 5.74) is 2.00. The molecule has 1 aromatic carbocycles. The summed E-state index contributed by atoms with van der Waals surface area (Å²) in [6.45, 7) is 12.4. The van der Waals surface area contributed by atoms with Gasteiger partial charge in [-0.05, 0) is 54.6 Å². The highest BCUT2D eigenvalue weighted by Crippen LogP contribution is 2.38. The molecule has 0 spiro atoms. The fourth-order valence-electron chi connectivity index (χ4n) is 3.21. The molecular weight excluding hydrogens is 484 g/mol. The lowest BCUT2D eigenvalue weighted by Gasteiger charge is -2.36. The Morgan fingerprint density at radius 2 is 2.00 bits per heavy atom. The Hall–Kier alpha value is -0.743. The van der Waals surface area contributed by atoms with Gasteiger partial charge in [-0.1, -0.05) is 45.0 Å². The maximum absolute atomic E-state index is 11.8. The van der Waals surface area contributed by atoms with Crippen molar-refractivity contribution in [3.63, 3.8) is 0 Å². The molecule has 5 nitrogen and oxygen atoms in total. The number of hydrogen-bond acceptors (Lipinski definition) is 6. The lowest BCUT2D eigenvalue weighted by atomic mass is 10.0. The molecule has 32 heavy (non-hydrogen) atoms. The normalized spacial score (nSPS) is 19.1. The van der Waals surface area contributed by atoms with Crippen molar-refractivity contribution in [3.05, 3.63) is 51.7 Å². The average Bonchev–Trinajstić information content (AvgIpc) is 3.21. The van der Waals surface area contributed by atoms with Gasteiger partial charge in [0.05, 0.1) is 11.5 Å². The second-order valence-corrected chi connectivity index (χ2v) is 18.0. The van der Waals surface area contributed by atoms with Gasteiger partial charge in [0.1, 0.15) is 6.10 Å². The summed E-state index contributed by atoms with van der Waals surface area (Å²) in [4.78, 5) is 0.871. The Morgan fingerprint density at radius 1 is 1.25 bits per heavy atom. The van der Waals surface area contributed by atoms with Gasteiger partial charge in [0.15, 0.2) is 14.6 Å². The smallest absolute Gasteiger partial charge is 0.262 e. The summed E-state index contributed by atoms with van der Waals surface area (Å²) in [6.07, 6.45) is 2.13. The lowest BCUT2D eigenvalue weighted by Crippen LogP contribution is -2.40. The summed E-state index contributed by atoms with van der Waals surface area (Å²) < 4.78 is 42.2. The van der Waals surface area contributed by atoms with E-state index >= 15 is 0 Å². The fourth-order valence-corrected chi connectivity index (χ4v) is 6.40. The molecule has 0 radical (unpaired) electrons. The van der Waals surface area contributed by atoms with Gasteiger partial charge >= 0.3 is 0 Å². The standard InChI is InChI=1S/C23H33ClO5S2Si/c1-23(2,3)32(4,5)28-15-17-9-8-10-18(13-17)22(29-21-11-6-7-12-27-21)20-14-19(16-30-20)31(24,25)26/h8-10,13-14,16,21-22H,6-7,11-12,15H2,1-5H3. The van der Waals surface area contributed by atoms with Crippen LogP contribution in [0.3, 0.4) is 0 Å². The largest absolute Gasteiger partial charge is 0.413 e. The van der Waals surface area contributed by atoms with E-state index < -0.39 is 23.5 Å². The van der Waals surface area contributed by atoms with Crippen molar-refractivity contribution >= 4 is 39.4 Å². The van der Waals surface area contributed by atoms with Crippen LogP contribution in [0.25, 0.3) is 0 Å². The zero-order valence-corrected chi connectivity index (χ0v) is 22.8. The van der Waals surface area contributed by atoms with E-state index in [0.717, 1.165) is 35.3 Å². The Morgan fingerprint density at radius 3 is 2.59 bits per heavy atom. The van der Waals surface area contributed by atoms with E-state index in [2.05, 4.69) is 39.9 Å². The Labute approximate surface area is 201 Å². The number of benzene rings is 1. The van der Waals surface area contributed by atoms with Crippen LogP contribution in [0.4, 0.5) is 0 Å². The van der Waals surface area contributed by atoms with Gasteiger partial charge in [0, 0.05) is 27.5 Å². The summed E-state index contributed by atoms with van der Waals surface area (Å²) in [7, 11) is -0.116. The number of thiophene rings is 1. The first kappa shape index (κ1) is 25.9. The van der Waals surface area contributed by atoms with Crippen molar-refractivity contribution in [2.24, 2.45) is 0 Å². The molecule has 2 heterocycles. The quantitative estimate of drug-likeness (QED) is 0.284. The zero-order chi connectivity index (χ0) is 23.6. The van der Waals surface area contributed by atoms with E-state index in [0.29, 0.717) is 13.2 Å². The van der Waals surface area contributed by atoms with Crippen LogP contribution in [-0.4, -0.2) is 29.6 Å². The summed E-state index contributed by atoms with van der Waals surface area (Å²) in [5.74, 6) is 0. The van der Waals surface area contributed by atoms with Crippen molar-refractivity contribution in [1.29, 1.82) is 0 Å². The minimum Gasteiger partial charge on any atom is -0.413 e. The number of ether oxygens (including phenoxy) is 2. The zero-order valence-electron chi connectivity index (χ0n) is 19.4. The van der Waals surface area contributed by atoms with Crippen molar-refractivity contribution < 1.29 is 22.3 Å². The van der Waals surface area contributed by atoms with Gasteiger partial charge in [-0.2, -0.15) is 0 Å². The van der Waals surface area contributed by atoms with E-state index in [1.807, 2.05) is 18.2 Å². The maximum Gasteiger partial charge on any atom is 0.262 e. The molecule has 1 aliphatic rings. The van der Waals surface area contributed by atoms with E-state index in [1.54, 1.807) is 11.4 Å². The highest BCUT2D eigenvalue weighted by Gasteiger charge is 2.37. The molecule has 2 unspecified atom stereocenters. The van der Waals surface area contributed by atoms with E-state index in [9.17, 15) is 8.42 Å². The molecule has 0 aliphatic carbocycles. The van der Waals surface area contributed by atoms with Crippen LogP contribution in [0.15, 0.2) is 40.6 Å². The summed E-state index contributed by atoms with van der Waals surface area (Å²) in [6, 6.07) is 9.71. The van der Waals surface area contributed by atoms with Gasteiger partial charge in [-0.25, -0.2) is 8.42 Å². The van der Waals surface area contributed by atoms with Crippen LogP contribution in [0.2, 0.25) is 18.1 Å². The molecule has 0 amide bonds. The molecule has 0 N–H and O–H groups in total. The lowest BCUT2D eigenvalue weighted by molar-refractivity contribution is -0.180. The molecule has 9 heteroatoms. The molecule has 178 valence electrons. The molecule has 1 saturated heterocycles. The number of halogens is 1. The highest BCUT2D eigenvalue weighted by atomic mass is 35.7. The third-order valence-corrected chi connectivity index (χ3v) is 13.2. The van der Waals surface area contributed by atoms with E-state index in [1.165, 1.54) is 11.3 Å². The second-order valence-electron chi connectivity index (χ2n) is 9.73. The van der Waals surface area contributed by atoms with Crippen LogP contribution >= 0.6 is 22.0 Å². The molecule has 1 aromatic heterocycles. The predicted molar refractivity (Wildman–Crippen MR) is 132 cm³/mol. The molecule has 0 bridgehead atoms. The molecule has 1 fully saturated rings. The Kier molecular flexibility index (Phi) is 8.29. The van der Waals surface area contributed by atoms with Gasteiger partial charge in [0.25, 0.3) is 9.05 Å². The van der Waals surface area contributed by atoms with Crippen LogP contribution < -0.4 is 0 Å². The first-order chi connectivity index (χ1) is 14.9. The van der Waals surface area contributed by atoms with E-state index in [-0.39, 0.29) is 16.2 Å². The van der Waals surface area contributed by atoms with Crippen molar-refractivity contribution in [2.45, 2.75) is 82.1 Å². The van der Waals surface area contributed by atoms with Crippen molar-refractivity contribution in [2.75, 3.05) is 6.61 Å². The van der Waals surface area contributed by atoms with Gasteiger partial charge in [0.2, 0.25) is 0 Å². The third kappa shape index (κ3) is 6.65. The summed E-state index contributed by atoms with van der Waals surface area (Å²) >= 11 is 1.33. The first-order valence-corrected chi connectivity index (χ1v) is 17.0. The van der Waals surface area contributed by atoms with Crippen LogP contribution in [0.5, 0.6) is 0 Å². The molecule has 1 aliphatic heterocycles. The van der Waals surface area contributed by atoms with Gasteiger partial charge in [-0.3, -0.25) is 0 Å². The fraction of sp³-hybridized carbons (Fsp3) is 0.565. The first-order valence-electron chi connectivity index (χ1n) is 10.9. The highest BCUT2D eigenvalue weighted by molar-refractivity contribution is 8.13. The number of rotatable bonds is 8. The monoisotopic (exact) mass is 516 g/mol. The Bertz CT molecular complexity index is 1010. The van der Waals surface area contributed by atoms with Gasteiger partial charge < -0.3 is 13.9 Å². The molecule has 2 atom stereocenters. The van der Waals surface area contributed by atoms with Crippen LogP contribution in [0.1, 0.15) is 62.1 Å². The third-order valence-electron chi connectivity index (χ3n) is 6.22. The topological polar surface area (TPSA) is 61.8 Å². The number of hydrogen-bond donors (Lipinski definition) is 0. The Balaban J connectivity index is 1.87. The van der Waals surface area contributed by atoms with Crippen LogP contribution in [-0.2, 0) is 29.6 Å². The second kappa shape index (κ2) is 10.3. The van der Waals surface area contributed by atoms with Gasteiger partial charge in [-0.15, -0.1) is 11.3 Å². The maximum atomic E-state index is 11.8. The van der Waals surface area contributed by atoms with E-state index in [4.69, 9.17) is 24.6 Å². The molecular formula is C23H33ClO5S2Si. The molecule has 3 rings (SSSR count). The minimum absolute atomic E-state index is 0.0924. The van der Waals surface area contributed by atoms with Crippen LogP contribution in [0, 0.1) is 0 Å². The minimum atomic E-state index is -3.80. The SMILES string of the molecule is CC(C)(C)[Si](C)(C)OCc1cccc(C(OC2CCCCO2)c2cc(S(=O)(=O)Cl)cs2)c1. The predicted octanol–water partition coefficient (Wildman–Crippen LogP) is 6.83. The molecule has 2 aromatic rings.